The number of ether oxygens (including phenoxy) is 2. The van der Waals surface area contributed by atoms with Gasteiger partial charge in [-0.3, -0.25) is 4.79 Å². The van der Waals surface area contributed by atoms with Gasteiger partial charge in [0.05, 0.1) is 26.3 Å². The minimum atomic E-state index is -0.635. The van der Waals surface area contributed by atoms with Crippen LogP contribution in [-0.2, 0) is 16.1 Å². The molecule has 1 aliphatic rings. The van der Waals surface area contributed by atoms with Gasteiger partial charge in [0.25, 0.3) is 0 Å². The van der Waals surface area contributed by atoms with E-state index in [1.165, 1.54) is 20.3 Å². The fraction of sp³-hybridized carbons (Fsp3) is 0.467. The summed E-state index contributed by atoms with van der Waals surface area (Å²) in [5.74, 6) is -0.712. The number of nitrogens with zero attached hydrogens (tertiary/aromatic N) is 1. The Bertz CT molecular complexity index is 573. The third-order valence-corrected chi connectivity index (χ3v) is 3.55. The molecule has 1 unspecified atom stereocenters. The van der Waals surface area contributed by atoms with Gasteiger partial charge in [-0.15, -0.1) is 0 Å². The van der Waals surface area contributed by atoms with Crippen molar-refractivity contribution < 1.29 is 23.5 Å². The predicted molar refractivity (Wildman–Crippen MR) is 73.5 cm³/mol. The van der Waals surface area contributed by atoms with Gasteiger partial charge in [-0.1, -0.05) is 6.92 Å². The van der Waals surface area contributed by atoms with Gasteiger partial charge in [-0.05, 0) is 18.1 Å². The van der Waals surface area contributed by atoms with Gasteiger partial charge in [-0.2, -0.15) is 0 Å². The zero-order valence-electron chi connectivity index (χ0n) is 12.3. The van der Waals surface area contributed by atoms with Crippen LogP contribution < -0.4 is 4.74 Å². The molecule has 2 rings (SSSR count). The lowest BCUT2D eigenvalue weighted by Gasteiger charge is -2.19. The Morgan fingerprint density at radius 2 is 2.14 bits per heavy atom. The Labute approximate surface area is 122 Å². The van der Waals surface area contributed by atoms with E-state index in [9.17, 15) is 14.0 Å². The highest BCUT2D eigenvalue weighted by Crippen LogP contribution is 2.28. The average Bonchev–Trinajstić information content (AvgIpc) is 2.77. The largest absolute Gasteiger partial charge is 0.496 e. The Kier molecular flexibility index (Phi) is 4.45. The van der Waals surface area contributed by atoms with E-state index < -0.39 is 11.8 Å². The maximum atomic E-state index is 14.2. The first kappa shape index (κ1) is 15.3. The Balaban J connectivity index is 2.31. The van der Waals surface area contributed by atoms with Crippen LogP contribution in [0.5, 0.6) is 5.75 Å². The van der Waals surface area contributed by atoms with E-state index in [1.54, 1.807) is 4.90 Å². The Hall–Kier alpha value is -2.11. The van der Waals surface area contributed by atoms with Crippen molar-refractivity contribution in [2.75, 3.05) is 20.8 Å². The first-order valence-electron chi connectivity index (χ1n) is 6.68. The van der Waals surface area contributed by atoms with Gasteiger partial charge in [0.2, 0.25) is 5.91 Å². The normalized spacial score (nSPS) is 18.0. The van der Waals surface area contributed by atoms with Gasteiger partial charge >= 0.3 is 5.97 Å². The van der Waals surface area contributed by atoms with Gasteiger partial charge in [0.1, 0.15) is 11.6 Å². The van der Waals surface area contributed by atoms with Crippen LogP contribution in [0.15, 0.2) is 12.1 Å². The quantitative estimate of drug-likeness (QED) is 0.797. The fourth-order valence-corrected chi connectivity index (χ4v) is 2.50. The summed E-state index contributed by atoms with van der Waals surface area (Å²) in [5, 5.41) is 0. The summed E-state index contributed by atoms with van der Waals surface area (Å²) in [4.78, 5) is 24.9. The van der Waals surface area contributed by atoms with Crippen molar-refractivity contribution >= 4 is 11.9 Å². The second-order valence-corrected chi connectivity index (χ2v) is 5.21. The number of rotatable bonds is 4. The summed E-state index contributed by atoms with van der Waals surface area (Å²) in [6, 6.07) is 2.53. The standard InChI is InChI=1S/C15H18FNO4/c1-9-4-14(18)17(7-9)8-11-12(16)5-10(15(19)21-3)6-13(11)20-2/h5-6,9H,4,7-8H2,1-3H3. The summed E-state index contributed by atoms with van der Waals surface area (Å²) in [5.41, 5.74) is 0.351. The molecule has 1 aromatic rings. The van der Waals surface area contributed by atoms with Crippen molar-refractivity contribution in [2.24, 2.45) is 5.92 Å². The molecule has 6 heteroatoms. The molecule has 114 valence electrons. The first-order chi connectivity index (χ1) is 9.96. The van der Waals surface area contributed by atoms with Crippen LogP contribution in [0.2, 0.25) is 0 Å². The van der Waals surface area contributed by atoms with Crippen molar-refractivity contribution in [3.63, 3.8) is 0 Å². The van der Waals surface area contributed by atoms with Crippen LogP contribution in [0.4, 0.5) is 4.39 Å². The minimum Gasteiger partial charge on any atom is -0.496 e. The topological polar surface area (TPSA) is 55.8 Å². The number of esters is 1. The molecule has 0 aromatic heterocycles. The van der Waals surface area contributed by atoms with Crippen LogP contribution in [0.1, 0.15) is 29.3 Å². The average molecular weight is 295 g/mol. The maximum absolute atomic E-state index is 14.2. The number of benzene rings is 1. The summed E-state index contributed by atoms with van der Waals surface area (Å²) in [6.07, 6.45) is 0.476. The third-order valence-electron chi connectivity index (χ3n) is 3.55. The molecule has 1 saturated heterocycles. The number of carbonyl (C=O) groups excluding carboxylic acids is 2. The molecular formula is C15H18FNO4. The van der Waals surface area contributed by atoms with E-state index in [2.05, 4.69) is 4.74 Å². The van der Waals surface area contributed by atoms with Crippen LogP contribution in [0, 0.1) is 11.7 Å². The highest BCUT2D eigenvalue weighted by atomic mass is 19.1. The van der Waals surface area contributed by atoms with E-state index in [0.717, 1.165) is 6.07 Å². The molecule has 0 radical (unpaired) electrons. The summed E-state index contributed by atoms with van der Waals surface area (Å²) in [6.45, 7) is 2.71. The van der Waals surface area contributed by atoms with Crippen molar-refractivity contribution in [2.45, 2.75) is 19.9 Å². The number of hydrogen-bond acceptors (Lipinski definition) is 4. The van der Waals surface area contributed by atoms with E-state index in [4.69, 9.17) is 4.74 Å². The Morgan fingerprint density at radius 1 is 1.43 bits per heavy atom. The summed E-state index contributed by atoms with van der Waals surface area (Å²) >= 11 is 0. The lowest BCUT2D eigenvalue weighted by atomic mass is 10.1. The molecule has 1 heterocycles. The lowest BCUT2D eigenvalue weighted by Crippen LogP contribution is -2.25. The highest BCUT2D eigenvalue weighted by molar-refractivity contribution is 5.90. The number of amides is 1. The molecule has 0 spiro atoms. The van der Waals surface area contributed by atoms with Gasteiger partial charge in [0, 0.05) is 18.5 Å². The molecule has 0 N–H and O–H groups in total. The predicted octanol–water partition coefficient (Wildman–Crippen LogP) is 1.99. The van der Waals surface area contributed by atoms with E-state index in [0.29, 0.717) is 13.0 Å². The minimum absolute atomic E-state index is 0.000924. The van der Waals surface area contributed by atoms with Crippen molar-refractivity contribution in [1.29, 1.82) is 0 Å². The molecule has 0 saturated carbocycles. The number of halogens is 1. The van der Waals surface area contributed by atoms with Crippen LogP contribution in [0.25, 0.3) is 0 Å². The molecule has 1 fully saturated rings. The smallest absolute Gasteiger partial charge is 0.338 e. The van der Waals surface area contributed by atoms with Crippen LogP contribution >= 0.6 is 0 Å². The second kappa shape index (κ2) is 6.11. The zero-order valence-corrected chi connectivity index (χ0v) is 12.3. The van der Waals surface area contributed by atoms with E-state index >= 15 is 0 Å². The van der Waals surface area contributed by atoms with Gasteiger partial charge in [0.15, 0.2) is 0 Å². The molecule has 0 aliphatic carbocycles. The van der Waals surface area contributed by atoms with Crippen LogP contribution in [-0.4, -0.2) is 37.5 Å². The fourth-order valence-electron chi connectivity index (χ4n) is 2.50. The van der Waals surface area contributed by atoms with Crippen molar-refractivity contribution in [1.82, 2.24) is 4.90 Å². The van der Waals surface area contributed by atoms with Gasteiger partial charge < -0.3 is 14.4 Å². The SMILES string of the molecule is COC(=O)c1cc(F)c(CN2CC(C)CC2=O)c(OC)c1. The monoisotopic (exact) mass is 295 g/mol. The molecule has 21 heavy (non-hydrogen) atoms. The molecule has 1 aliphatic heterocycles. The van der Waals surface area contributed by atoms with Gasteiger partial charge in [-0.25, -0.2) is 9.18 Å². The highest BCUT2D eigenvalue weighted by Gasteiger charge is 2.28. The third kappa shape index (κ3) is 3.15. The summed E-state index contributed by atoms with van der Waals surface area (Å²) < 4.78 is 24.0. The Morgan fingerprint density at radius 3 is 2.67 bits per heavy atom. The van der Waals surface area contributed by atoms with Crippen LogP contribution in [0.3, 0.4) is 0 Å². The van der Waals surface area contributed by atoms with Crippen molar-refractivity contribution in [3.8, 4) is 5.75 Å². The van der Waals surface area contributed by atoms with Crippen molar-refractivity contribution in [3.05, 3.63) is 29.1 Å². The molecular weight excluding hydrogens is 277 g/mol. The van der Waals surface area contributed by atoms with E-state index in [-0.39, 0.29) is 35.2 Å². The first-order valence-corrected chi connectivity index (χ1v) is 6.68. The molecule has 1 aromatic carbocycles. The molecule has 5 nitrogen and oxygen atoms in total. The molecule has 1 amide bonds. The maximum Gasteiger partial charge on any atom is 0.338 e. The lowest BCUT2D eigenvalue weighted by molar-refractivity contribution is -0.128. The number of methoxy groups -OCH3 is 2. The zero-order chi connectivity index (χ0) is 15.6. The molecule has 1 atom stereocenters. The number of hydrogen-bond donors (Lipinski definition) is 0. The number of carbonyl (C=O) groups is 2. The molecule has 0 bridgehead atoms. The van der Waals surface area contributed by atoms with E-state index in [1.807, 2.05) is 6.92 Å². The second-order valence-electron chi connectivity index (χ2n) is 5.21. The summed E-state index contributed by atoms with van der Waals surface area (Å²) in [7, 11) is 2.62. The number of likely N-dealkylation sites (tertiary alicyclic amines) is 1.